The average molecular weight is 267 g/mol. The van der Waals surface area contributed by atoms with E-state index in [0.717, 1.165) is 16.3 Å². The molecule has 1 unspecified atom stereocenters. The zero-order valence-corrected chi connectivity index (χ0v) is 9.98. The van der Waals surface area contributed by atoms with Crippen molar-refractivity contribution in [1.29, 1.82) is 0 Å². The number of fused-ring (bicyclic) bond motifs is 4. The van der Waals surface area contributed by atoms with Gasteiger partial charge in [0.1, 0.15) is 6.04 Å². The number of urea groups is 1. The van der Waals surface area contributed by atoms with Gasteiger partial charge in [-0.3, -0.25) is 9.89 Å². The summed E-state index contributed by atoms with van der Waals surface area (Å²) in [5.41, 5.74) is 1.66. The van der Waals surface area contributed by atoms with Crippen molar-refractivity contribution in [3.05, 3.63) is 17.5 Å². The van der Waals surface area contributed by atoms with Crippen molar-refractivity contribution < 1.29 is 19.9 Å². The largest absolute Gasteiger partial charge is 0.465 e. The van der Waals surface area contributed by atoms with Crippen molar-refractivity contribution in [2.45, 2.75) is 19.1 Å². The second kappa shape index (κ2) is 4.12. The monoisotopic (exact) mass is 267 g/mol. The average Bonchev–Trinajstić information content (AvgIpc) is 2.87. The van der Waals surface area contributed by atoms with Gasteiger partial charge < -0.3 is 15.3 Å². The first kappa shape index (κ1) is 11.8. The molecule has 0 spiro atoms. The molecule has 3 heterocycles. The van der Waals surface area contributed by atoms with Gasteiger partial charge in [0.15, 0.2) is 0 Å². The molecule has 1 aromatic rings. The Kier molecular flexibility index (Phi) is 2.56. The molecule has 0 aromatic carbocycles. The molecule has 2 bridgehead atoms. The maximum absolute atomic E-state index is 11.7. The van der Waals surface area contributed by atoms with E-state index in [4.69, 9.17) is 5.11 Å². The zero-order chi connectivity index (χ0) is 13.6. The van der Waals surface area contributed by atoms with E-state index in [1.54, 1.807) is 10.9 Å². The summed E-state index contributed by atoms with van der Waals surface area (Å²) in [5.74, 6) is 0. The van der Waals surface area contributed by atoms with Crippen LogP contribution >= 0.6 is 0 Å². The third kappa shape index (κ3) is 1.78. The van der Waals surface area contributed by atoms with Gasteiger partial charge in [0.2, 0.25) is 0 Å². The van der Waals surface area contributed by atoms with Gasteiger partial charge in [0.05, 0.1) is 31.5 Å². The van der Waals surface area contributed by atoms with Crippen LogP contribution in [-0.4, -0.2) is 55.3 Å². The highest BCUT2D eigenvalue weighted by molar-refractivity contribution is 5.77. The van der Waals surface area contributed by atoms with Crippen molar-refractivity contribution in [1.82, 2.24) is 25.1 Å². The summed E-state index contributed by atoms with van der Waals surface area (Å²) in [4.78, 5) is 23.6. The van der Waals surface area contributed by atoms with E-state index in [1.165, 1.54) is 4.90 Å². The highest BCUT2D eigenvalue weighted by Gasteiger charge is 2.44. The van der Waals surface area contributed by atoms with Crippen LogP contribution in [0, 0.1) is 0 Å². The summed E-state index contributed by atoms with van der Waals surface area (Å²) in [6.45, 7) is 1.48. The van der Waals surface area contributed by atoms with Gasteiger partial charge in [-0.15, -0.1) is 0 Å². The van der Waals surface area contributed by atoms with Crippen molar-refractivity contribution >= 4 is 12.1 Å². The van der Waals surface area contributed by atoms with E-state index in [-0.39, 0.29) is 12.6 Å². The number of aromatic nitrogens is 2. The zero-order valence-electron chi connectivity index (χ0n) is 9.98. The van der Waals surface area contributed by atoms with Gasteiger partial charge in [0, 0.05) is 12.1 Å². The molecule has 1 atom stereocenters. The fourth-order valence-corrected chi connectivity index (χ4v) is 2.52. The van der Waals surface area contributed by atoms with Crippen LogP contribution in [0.4, 0.5) is 9.59 Å². The smallest absolute Gasteiger partial charge is 0.404 e. The first-order chi connectivity index (χ1) is 9.08. The number of carbonyl (C=O) groups excluding carboxylic acids is 1. The summed E-state index contributed by atoms with van der Waals surface area (Å²) in [7, 11) is 0. The Hall–Kier alpha value is -2.29. The number of hydrogen-bond acceptors (Lipinski definition) is 4. The Morgan fingerprint density at radius 3 is 3.11 bits per heavy atom. The molecule has 2 aliphatic heterocycles. The first-order valence-corrected chi connectivity index (χ1v) is 5.86. The number of rotatable bonds is 3. The molecule has 3 amide bonds. The molecule has 9 heteroatoms. The number of amides is 3. The molecule has 3 N–H and O–H groups in total. The van der Waals surface area contributed by atoms with Crippen LogP contribution in [0.5, 0.6) is 0 Å². The molecule has 1 fully saturated rings. The quantitative estimate of drug-likeness (QED) is 0.658. The van der Waals surface area contributed by atoms with Gasteiger partial charge in [-0.05, 0) is 0 Å². The molecule has 1 saturated heterocycles. The number of carbonyl (C=O) groups is 2. The lowest BCUT2D eigenvalue weighted by Crippen LogP contribution is -2.31. The summed E-state index contributed by atoms with van der Waals surface area (Å²) < 4.78 is 1.66. The normalized spacial score (nSPS) is 20.7. The Morgan fingerprint density at radius 2 is 2.37 bits per heavy atom. The van der Waals surface area contributed by atoms with Gasteiger partial charge >= 0.3 is 12.1 Å². The van der Waals surface area contributed by atoms with Crippen LogP contribution in [0.15, 0.2) is 6.20 Å². The van der Waals surface area contributed by atoms with Gasteiger partial charge in [-0.25, -0.2) is 9.59 Å². The van der Waals surface area contributed by atoms with Gasteiger partial charge in [0.25, 0.3) is 0 Å². The highest BCUT2D eigenvalue weighted by Crippen LogP contribution is 2.36. The summed E-state index contributed by atoms with van der Waals surface area (Å²) in [5, 5.41) is 25.4. The number of hydroxylamine groups is 2. The van der Waals surface area contributed by atoms with Crippen LogP contribution in [0.25, 0.3) is 0 Å². The molecular weight excluding hydrogens is 254 g/mol. The number of carboxylic acid groups (broad SMARTS) is 1. The first-order valence-electron chi connectivity index (χ1n) is 5.86. The van der Waals surface area contributed by atoms with E-state index < -0.39 is 12.1 Å². The van der Waals surface area contributed by atoms with E-state index >= 15 is 0 Å². The lowest BCUT2D eigenvalue weighted by molar-refractivity contribution is -0.0586. The number of nitrogens with one attached hydrogen (secondary N) is 1. The fraction of sp³-hybridized carbons (Fsp3) is 0.500. The van der Waals surface area contributed by atoms with Crippen LogP contribution in [0.2, 0.25) is 0 Å². The molecule has 0 radical (unpaired) electrons. The topological polar surface area (TPSA) is 111 Å². The Morgan fingerprint density at radius 1 is 1.58 bits per heavy atom. The maximum Gasteiger partial charge on any atom is 0.404 e. The molecular formula is C10H13N5O4. The van der Waals surface area contributed by atoms with Crippen LogP contribution in [0.1, 0.15) is 17.3 Å². The Labute approximate surface area is 108 Å². The number of nitrogens with zero attached hydrogens (tertiary/aromatic N) is 4. The minimum absolute atomic E-state index is 0.241. The fourth-order valence-electron chi connectivity index (χ4n) is 2.52. The standard InChI is InChI=1S/C10H13N5O4/c16-9(17)11-1-2-14-7-4-13-5-8(6(7)3-12-14)15(19)10(13)18/h3,8,11,19H,1-2,4-5H2,(H,16,17). The summed E-state index contributed by atoms with van der Waals surface area (Å²) in [6.07, 6.45) is 0.543. The Bertz CT molecular complexity index is 542. The van der Waals surface area contributed by atoms with Crippen LogP contribution < -0.4 is 5.32 Å². The van der Waals surface area contributed by atoms with Crippen LogP contribution in [0.3, 0.4) is 0 Å². The van der Waals surface area contributed by atoms with Crippen molar-refractivity contribution in [2.75, 3.05) is 13.1 Å². The van der Waals surface area contributed by atoms with Crippen LogP contribution in [-0.2, 0) is 13.1 Å². The SMILES string of the molecule is O=C(O)NCCn1ncc2c1CN1CC2N(O)C1=O. The van der Waals surface area contributed by atoms with E-state index in [1.807, 2.05) is 0 Å². The van der Waals surface area contributed by atoms with E-state index in [9.17, 15) is 14.8 Å². The van der Waals surface area contributed by atoms with E-state index in [0.29, 0.717) is 19.6 Å². The highest BCUT2D eigenvalue weighted by atomic mass is 16.5. The van der Waals surface area contributed by atoms with Gasteiger partial charge in [-0.1, -0.05) is 0 Å². The third-order valence-corrected chi connectivity index (χ3v) is 3.44. The molecule has 0 saturated carbocycles. The molecule has 19 heavy (non-hydrogen) atoms. The van der Waals surface area contributed by atoms with Crippen molar-refractivity contribution in [2.24, 2.45) is 0 Å². The maximum atomic E-state index is 11.7. The minimum atomic E-state index is -1.08. The van der Waals surface area contributed by atoms with Crippen molar-refractivity contribution in [3.63, 3.8) is 0 Å². The molecule has 1 aromatic heterocycles. The molecule has 3 rings (SSSR count). The predicted molar refractivity (Wildman–Crippen MR) is 60.4 cm³/mol. The second-order valence-electron chi connectivity index (χ2n) is 4.53. The summed E-state index contributed by atoms with van der Waals surface area (Å²) >= 11 is 0. The van der Waals surface area contributed by atoms with Crippen molar-refractivity contribution in [3.8, 4) is 0 Å². The second-order valence-corrected chi connectivity index (χ2v) is 4.53. The van der Waals surface area contributed by atoms with Gasteiger partial charge in [-0.2, -0.15) is 10.2 Å². The molecule has 0 aliphatic carbocycles. The molecule has 102 valence electrons. The third-order valence-electron chi connectivity index (χ3n) is 3.44. The number of hydrogen-bond donors (Lipinski definition) is 3. The minimum Gasteiger partial charge on any atom is -0.465 e. The predicted octanol–water partition coefficient (Wildman–Crippen LogP) is -0.168. The molecule has 9 nitrogen and oxygen atoms in total. The van der Waals surface area contributed by atoms with E-state index in [2.05, 4.69) is 10.4 Å². The Balaban J connectivity index is 1.79. The molecule has 2 aliphatic rings. The lowest BCUT2D eigenvalue weighted by Gasteiger charge is -2.21. The summed E-state index contributed by atoms with van der Waals surface area (Å²) in [6, 6.07) is -0.783. The lowest BCUT2D eigenvalue weighted by atomic mass is 10.1.